The van der Waals surface area contributed by atoms with Crippen LogP contribution in [0.15, 0.2) is 35.4 Å². The predicted molar refractivity (Wildman–Crippen MR) is 151 cm³/mol. The Morgan fingerprint density at radius 2 is 2.02 bits per heavy atom. The Morgan fingerprint density at radius 3 is 2.71 bits per heavy atom. The van der Waals surface area contributed by atoms with Gasteiger partial charge in [-0.25, -0.2) is 9.55 Å². The molecule has 0 saturated carbocycles. The highest BCUT2D eigenvalue weighted by Crippen LogP contribution is 2.53. The number of aliphatic hydroxyl groups is 1. The minimum absolute atomic E-state index is 0.0159. The molecule has 0 aliphatic carbocycles. The molecule has 4 rings (SSSR count). The largest absolute Gasteiger partial charge is 0.424 e. The van der Waals surface area contributed by atoms with Gasteiger partial charge in [0.25, 0.3) is 5.56 Å². The van der Waals surface area contributed by atoms with E-state index in [1.165, 1.54) is 24.7 Å². The monoisotopic (exact) mass is 629 g/mol. The van der Waals surface area contributed by atoms with Crippen LogP contribution in [0.25, 0.3) is 11.2 Å². The Morgan fingerprint density at radius 1 is 1.32 bits per heavy atom. The quantitative estimate of drug-likeness (QED) is 0.197. The lowest BCUT2D eigenvalue weighted by Crippen LogP contribution is -2.38. The van der Waals surface area contributed by atoms with Crippen molar-refractivity contribution in [1.29, 1.82) is 0 Å². The number of imidazole rings is 1. The van der Waals surface area contributed by atoms with Gasteiger partial charge in [0.1, 0.15) is 29.5 Å². The van der Waals surface area contributed by atoms with Crippen LogP contribution in [0.3, 0.4) is 0 Å². The molecule has 1 fully saturated rings. The number of carbonyl (C=O) groups excluding carboxylic acids is 2. The second kappa shape index (κ2) is 12.2. The Kier molecular flexibility index (Phi) is 9.27. The summed E-state index contributed by atoms with van der Waals surface area (Å²) in [6.07, 6.45) is -2.52. The molecule has 5 atom stereocenters. The molecule has 1 unspecified atom stereocenters. The molecule has 222 valence electrons. The molecule has 3 heterocycles. The summed E-state index contributed by atoms with van der Waals surface area (Å²) in [5.74, 6) is -0.876. The summed E-state index contributed by atoms with van der Waals surface area (Å²) in [5, 5.41) is 11.0. The van der Waals surface area contributed by atoms with Crippen LogP contribution < -0.4 is 15.8 Å². The number of nitrogens with two attached hydrogens (primary N) is 1. The second-order valence-corrected chi connectivity index (χ2v) is 13.4. The number of carbonyl (C=O) groups is 2. The van der Waals surface area contributed by atoms with Crippen LogP contribution in [0.1, 0.15) is 39.0 Å². The highest BCUT2D eigenvalue weighted by molar-refractivity contribution is 7.54. The molecule has 0 radical (unpaired) electrons. The van der Waals surface area contributed by atoms with Gasteiger partial charge in [-0.15, -0.1) is 0 Å². The van der Waals surface area contributed by atoms with E-state index in [0.717, 1.165) is 0 Å². The maximum Gasteiger partial charge on any atom is 0.380 e. The lowest BCUT2D eigenvalue weighted by Gasteiger charge is -2.25. The van der Waals surface area contributed by atoms with Crippen molar-refractivity contribution >= 4 is 59.5 Å². The number of fused-ring (bicyclic) bond motifs is 1. The van der Waals surface area contributed by atoms with Crippen LogP contribution in [-0.2, 0) is 29.8 Å². The number of para-hydroxylation sites is 1. The number of benzene rings is 1. The zero-order valence-corrected chi connectivity index (χ0v) is 24.9. The van der Waals surface area contributed by atoms with Gasteiger partial charge < -0.3 is 24.9 Å². The first-order valence-electron chi connectivity index (χ1n) is 12.7. The number of rotatable bonds is 12. The number of nitrogens with zero attached hydrogens (tertiary/aromatic N) is 3. The first-order chi connectivity index (χ1) is 19.2. The first-order valence-corrected chi connectivity index (χ1v) is 15.1. The number of Topliss-reactive ketones (excluding diaryl/α,β-unsaturated/α-hetero) is 2. The number of alkyl halides is 2. The van der Waals surface area contributed by atoms with Crippen LogP contribution in [0.2, 0.25) is 0 Å². The first kappa shape index (κ1) is 31.1. The van der Waals surface area contributed by atoms with Gasteiger partial charge >= 0.3 is 7.60 Å². The van der Waals surface area contributed by atoms with Crippen LogP contribution in [-0.4, -0.2) is 65.5 Å². The van der Waals surface area contributed by atoms with Gasteiger partial charge in [0.15, 0.2) is 21.7 Å². The summed E-state index contributed by atoms with van der Waals surface area (Å²) in [6, 6.07) is 6.76. The number of nitrogen functional groups attached to an aromatic ring is 1. The molecule has 1 aromatic carbocycles. The van der Waals surface area contributed by atoms with Crippen molar-refractivity contribution in [2.75, 3.05) is 18.5 Å². The Hall–Kier alpha value is -2.80. The third kappa shape index (κ3) is 6.82. The number of aliphatic hydroxyl groups excluding tert-OH is 1. The van der Waals surface area contributed by atoms with Gasteiger partial charge in [0, 0.05) is 12.3 Å². The number of nitrogens with one attached hydrogen (secondary N) is 1. The fourth-order valence-electron chi connectivity index (χ4n) is 4.25. The number of halogens is 2. The van der Waals surface area contributed by atoms with E-state index >= 15 is 0 Å². The topological polar surface area (TPSA) is 189 Å². The lowest BCUT2D eigenvalue weighted by molar-refractivity contribution is -0.120. The number of aromatic amines is 1. The van der Waals surface area contributed by atoms with E-state index in [1.54, 1.807) is 31.2 Å². The Labute approximate surface area is 244 Å². The van der Waals surface area contributed by atoms with Gasteiger partial charge in [0.2, 0.25) is 5.95 Å². The van der Waals surface area contributed by atoms with Crippen LogP contribution in [0.4, 0.5) is 5.95 Å². The number of ether oxygens (including phenoxy) is 1. The highest BCUT2D eigenvalue weighted by atomic mass is 35.5. The zero-order valence-electron chi connectivity index (χ0n) is 22.5. The smallest absolute Gasteiger partial charge is 0.380 e. The zero-order chi connectivity index (χ0) is 30.1. The molecule has 0 spiro atoms. The lowest BCUT2D eigenvalue weighted by atomic mass is 10.1. The molecule has 3 aromatic rings. The number of ketones is 2. The van der Waals surface area contributed by atoms with Crippen molar-refractivity contribution in [3.05, 3.63) is 46.5 Å². The highest BCUT2D eigenvalue weighted by Gasteiger charge is 2.56. The summed E-state index contributed by atoms with van der Waals surface area (Å²) in [4.78, 5) is 46.2. The second-order valence-electron chi connectivity index (χ2n) is 9.92. The van der Waals surface area contributed by atoms with E-state index in [1.807, 2.05) is 0 Å². The predicted octanol–water partition coefficient (Wildman–Crippen LogP) is 3.17. The number of hydrogen-bond acceptors (Lipinski definition) is 11. The molecule has 0 amide bonds. The van der Waals surface area contributed by atoms with Gasteiger partial charge in [0.05, 0.1) is 19.1 Å². The van der Waals surface area contributed by atoms with E-state index in [2.05, 4.69) is 15.0 Å². The Bertz CT molecular complexity index is 1560. The SMILES string of the molecule is CC(=O)CCc1ccccc1OP(=O)(C[C@@H](C)C(C)=O)OC[C@H]1O[C@@H](n2cnc3c(=O)[nH]c(N)nc32)C(Cl)(Cl)[C@H]1O. The summed E-state index contributed by atoms with van der Waals surface area (Å²) in [6.45, 7) is 3.93. The fraction of sp³-hybridized carbons (Fsp3) is 0.480. The summed E-state index contributed by atoms with van der Waals surface area (Å²) in [5.41, 5.74) is 5.67. The van der Waals surface area contributed by atoms with Crippen molar-refractivity contribution in [2.45, 2.75) is 56.4 Å². The van der Waals surface area contributed by atoms with Crippen molar-refractivity contribution in [2.24, 2.45) is 5.92 Å². The van der Waals surface area contributed by atoms with E-state index < -0.39 is 48.4 Å². The maximum atomic E-state index is 14.0. The maximum absolute atomic E-state index is 14.0. The van der Waals surface area contributed by atoms with E-state index in [9.17, 15) is 24.1 Å². The van der Waals surface area contributed by atoms with Crippen LogP contribution in [0, 0.1) is 5.92 Å². The molecular weight excluding hydrogens is 600 g/mol. The van der Waals surface area contributed by atoms with Crippen molar-refractivity contribution in [1.82, 2.24) is 19.5 Å². The summed E-state index contributed by atoms with van der Waals surface area (Å²) >= 11 is 13.0. The molecule has 16 heteroatoms. The third-order valence-electron chi connectivity index (χ3n) is 6.67. The standard InChI is InChI=1S/C25H30Cl2N5O8P/c1-13(15(3)34)11-41(37,40-17-7-5-4-6-16(17)9-8-14(2)33)38-10-18-20(35)25(26,27)23(39-18)32-12-29-19-21(32)30-24(28)31-22(19)36/h4-7,12-13,18,20,23,35H,8-11H2,1-3H3,(H3,28,30,31,36)/t13-,18-,20+,23-,41?/m1/s1. The molecule has 13 nitrogen and oxygen atoms in total. The molecule has 1 aliphatic heterocycles. The minimum atomic E-state index is -4.05. The normalized spacial score (nSPS) is 22.3. The van der Waals surface area contributed by atoms with E-state index in [4.69, 9.17) is 42.7 Å². The fourth-order valence-corrected chi connectivity index (χ4v) is 6.85. The summed E-state index contributed by atoms with van der Waals surface area (Å²) < 4.78 is 30.9. The molecule has 2 aromatic heterocycles. The molecule has 1 saturated heterocycles. The molecule has 0 bridgehead atoms. The van der Waals surface area contributed by atoms with Gasteiger partial charge in [-0.3, -0.25) is 23.7 Å². The van der Waals surface area contributed by atoms with Gasteiger partial charge in [-0.1, -0.05) is 48.3 Å². The van der Waals surface area contributed by atoms with Gasteiger partial charge in [-0.2, -0.15) is 4.98 Å². The molecule has 41 heavy (non-hydrogen) atoms. The van der Waals surface area contributed by atoms with Crippen molar-refractivity contribution in [3.8, 4) is 5.75 Å². The van der Waals surface area contributed by atoms with E-state index in [0.29, 0.717) is 12.0 Å². The van der Waals surface area contributed by atoms with Crippen LogP contribution >= 0.6 is 30.8 Å². The van der Waals surface area contributed by atoms with Crippen LogP contribution in [0.5, 0.6) is 5.75 Å². The molecular formula is C25H30Cl2N5O8P. The van der Waals surface area contributed by atoms with Crippen molar-refractivity contribution in [3.63, 3.8) is 0 Å². The average Bonchev–Trinajstić information content (AvgIpc) is 3.40. The van der Waals surface area contributed by atoms with Gasteiger partial charge in [-0.05, 0) is 31.9 Å². The number of H-pyrrole nitrogens is 1. The van der Waals surface area contributed by atoms with Crippen molar-refractivity contribution < 1.29 is 33.0 Å². The number of aryl methyl sites for hydroxylation is 1. The third-order valence-corrected chi connectivity index (χ3v) is 9.50. The number of aromatic nitrogens is 4. The molecule has 1 aliphatic rings. The number of anilines is 1. The molecule has 4 N–H and O–H groups in total. The number of hydrogen-bond donors (Lipinski definition) is 3. The average molecular weight is 630 g/mol. The Balaban J connectivity index is 1.58. The van der Waals surface area contributed by atoms with E-state index in [-0.39, 0.29) is 47.0 Å². The summed E-state index contributed by atoms with van der Waals surface area (Å²) in [7, 11) is -4.05. The minimum Gasteiger partial charge on any atom is -0.424 e.